The van der Waals surface area contributed by atoms with Gasteiger partial charge < -0.3 is 19.8 Å². The van der Waals surface area contributed by atoms with Gasteiger partial charge in [0.15, 0.2) is 0 Å². The van der Waals surface area contributed by atoms with Crippen LogP contribution in [0.1, 0.15) is 40.0 Å². The van der Waals surface area contributed by atoms with Crippen molar-refractivity contribution in [1.29, 1.82) is 0 Å². The Hall–Kier alpha value is -3.11. The minimum Gasteiger partial charge on any atom is -0.421 e. The Morgan fingerprint density at radius 1 is 1.06 bits per heavy atom. The molecule has 0 aliphatic carbocycles. The Kier molecular flexibility index (Phi) is 14.1. The van der Waals surface area contributed by atoms with E-state index in [1.54, 1.807) is 19.3 Å². The molecule has 9 nitrogen and oxygen atoms in total. The first-order valence-corrected chi connectivity index (χ1v) is 10.4. The summed E-state index contributed by atoms with van der Waals surface area (Å²) in [7, 11) is 1.00. The Bertz CT molecular complexity index is 1020. The largest absolute Gasteiger partial charge is 0.421 e. The smallest absolute Gasteiger partial charge is 0.247 e. The molecule has 0 saturated carbocycles. The maximum Gasteiger partial charge on any atom is 0.247 e. The van der Waals surface area contributed by atoms with Gasteiger partial charge in [-0.2, -0.15) is 4.98 Å². The van der Waals surface area contributed by atoms with Crippen LogP contribution >= 0.6 is 15.9 Å². The molecule has 0 amide bonds. The lowest BCUT2D eigenvalue weighted by atomic mass is 10.2. The van der Waals surface area contributed by atoms with Gasteiger partial charge in [0.05, 0.1) is 0 Å². The summed E-state index contributed by atoms with van der Waals surface area (Å²) in [6.45, 7) is 7.73. The van der Waals surface area contributed by atoms with Crippen molar-refractivity contribution >= 4 is 21.6 Å². The fourth-order valence-electron chi connectivity index (χ4n) is 2.13. The molecule has 0 spiro atoms. The molecule has 0 aliphatic rings. The molecular weight excluding hydrogens is 476 g/mol. The highest BCUT2D eigenvalue weighted by atomic mass is 79.9. The van der Waals surface area contributed by atoms with Crippen molar-refractivity contribution in [3.63, 3.8) is 0 Å². The van der Waals surface area contributed by atoms with Crippen LogP contribution in [0.25, 0.3) is 22.8 Å². The van der Waals surface area contributed by atoms with Gasteiger partial charge in [0.1, 0.15) is 0 Å². The van der Waals surface area contributed by atoms with Gasteiger partial charge in [-0.05, 0) is 30.3 Å². The van der Waals surface area contributed by atoms with Crippen LogP contribution in [-0.4, -0.2) is 37.5 Å². The standard InChI is InChI=1S/C10H10BrN3O.C8H7N3O.C2H6.CH4O.CH4/c1-2-9-13-10(14-15-9)7-5-6(12)3-4-8(7)11;1-6-10-11-8(12-6)7-2-4-9-5-3-7;2*1-2;/h3-5H,2,12H2,1H3;2-5H,1H3;1-2H3;2H,1H3;1H4. The number of pyridine rings is 1. The molecule has 0 aliphatic heterocycles. The number of nitrogens with zero attached hydrogens (tertiary/aromatic N) is 5. The van der Waals surface area contributed by atoms with Crippen LogP contribution in [0.4, 0.5) is 5.69 Å². The summed E-state index contributed by atoms with van der Waals surface area (Å²) < 4.78 is 11.2. The van der Waals surface area contributed by atoms with Crippen molar-refractivity contribution in [3.05, 3.63) is 59.0 Å². The molecule has 0 bridgehead atoms. The lowest BCUT2D eigenvalue weighted by Gasteiger charge is -1.99. The highest BCUT2D eigenvalue weighted by molar-refractivity contribution is 9.10. The third-order valence-electron chi connectivity index (χ3n) is 3.46. The molecule has 4 aromatic rings. The van der Waals surface area contributed by atoms with Gasteiger partial charge in [0.25, 0.3) is 0 Å². The molecule has 0 fully saturated rings. The Morgan fingerprint density at radius 2 is 1.72 bits per heavy atom. The molecule has 174 valence electrons. The number of benzene rings is 1. The Morgan fingerprint density at radius 3 is 2.25 bits per heavy atom. The quantitative estimate of drug-likeness (QED) is 0.351. The first-order valence-electron chi connectivity index (χ1n) is 9.60. The first-order chi connectivity index (χ1) is 15.1. The van der Waals surface area contributed by atoms with Crippen molar-refractivity contribution in [2.24, 2.45) is 0 Å². The number of aromatic nitrogens is 5. The third-order valence-corrected chi connectivity index (χ3v) is 4.15. The van der Waals surface area contributed by atoms with Crippen LogP contribution in [0.5, 0.6) is 0 Å². The summed E-state index contributed by atoms with van der Waals surface area (Å²) in [6.07, 6.45) is 4.11. The molecule has 3 N–H and O–H groups in total. The van der Waals surface area contributed by atoms with Crippen molar-refractivity contribution in [1.82, 2.24) is 25.3 Å². The van der Waals surface area contributed by atoms with Crippen LogP contribution in [0.15, 0.2) is 56.1 Å². The molecule has 0 radical (unpaired) electrons. The van der Waals surface area contributed by atoms with E-state index >= 15 is 0 Å². The van der Waals surface area contributed by atoms with Crippen LogP contribution in [0.2, 0.25) is 0 Å². The highest BCUT2D eigenvalue weighted by Gasteiger charge is 2.10. The lowest BCUT2D eigenvalue weighted by molar-refractivity contribution is 0.383. The van der Waals surface area contributed by atoms with Gasteiger partial charge in [-0.3, -0.25) is 4.98 Å². The number of aliphatic hydroxyl groups excluding tert-OH is 1. The fraction of sp³-hybridized carbons (Fsp3) is 0.318. The molecule has 3 heterocycles. The topological polar surface area (TPSA) is 137 Å². The number of halogens is 1. The van der Waals surface area contributed by atoms with Gasteiger partial charge in [-0.25, -0.2) is 0 Å². The molecule has 3 aromatic heterocycles. The molecular formula is C22H31BrN6O3. The number of anilines is 1. The van der Waals surface area contributed by atoms with Crippen LogP contribution in [0, 0.1) is 6.92 Å². The van der Waals surface area contributed by atoms with Crippen molar-refractivity contribution in [2.75, 3.05) is 12.8 Å². The Labute approximate surface area is 197 Å². The van der Waals surface area contributed by atoms with E-state index in [4.69, 9.17) is 19.8 Å². The summed E-state index contributed by atoms with van der Waals surface area (Å²) in [4.78, 5) is 8.13. The fourth-order valence-corrected chi connectivity index (χ4v) is 2.55. The van der Waals surface area contributed by atoms with Crippen molar-refractivity contribution in [3.8, 4) is 22.8 Å². The van der Waals surface area contributed by atoms with Gasteiger partial charge in [0, 0.05) is 54.1 Å². The molecule has 0 saturated heterocycles. The van der Waals surface area contributed by atoms with Gasteiger partial charge in [-0.15, -0.1) is 10.2 Å². The minimum atomic E-state index is 0. The number of hydrogen-bond donors (Lipinski definition) is 2. The van der Waals surface area contributed by atoms with Crippen LogP contribution in [-0.2, 0) is 6.42 Å². The predicted octanol–water partition coefficient (Wildman–Crippen LogP) is 5.35. The average Bonchev–Trinajstić information content (AvgIpc) is 3.48. The van der Waals surface area contributed by atoms with E-state index in [1.807, 2.05) is 51.1 Å². The predicted molar refractivity (Wildman–Crippen MR) is 130 cm³/mol. The van der Waals surface area contributed by atoms with Gasteiger partial charge in [0.2, 0.25) is 23.5 Å². The number of rotatable bonds is 3. The number of hydrogen-bond acceptors (Lipinski definition) is 9. The first kappa shape index (κ1) is 28.9. The monoisotopic (exact) mass is 506 g/mol. The second kappa shape index (κ2) is 15.7. The summed E-state index contributed by atoms with van der Waals surface area (Å²) in [5.41, 5.74) is 8.11. The molecule has 10 heteroatoms. The van der Waals surface area contributed by atoms with E-state index in [9.17, 15) is 0 Å². The van der Waals surface area contributed by atoms with E-state index in [2.05, 4.69) is 41.3 Å². The van der Waals surface area contributed by atoms with Crippen molar-refractivity contribution in [2.45, 2.75) is 41.5 Å². The van der Waals surface area contributed by atoms with E-state index in [0.29, 0.717) is 29.2 Å². The normalized spacial score (nSPS) is 9.09. The number of nitrogen functional groups attached to an aromatic ring is 1. The average molecular weight is 507 g/mol. The number of aliphatic hydroxyl groups is 1. The lowest BCUT2D eigenvalue weighted by Crippen LogP contribution is -1.88. The van der Waals surface area contributed by atoms with Crippen LogP contribution < -0.4 is 5.73 Å². The SMILES string of the molecule is C.CC.CCc1nc(-c2cc(N)ccc2Br)no1.CO.Cc1nnc(-c2ccncc2)o1. The molecule has 1 aromatic carbocycles. The second-order valence-electron chi connectivity index (χ2n) is 5.47. The Balaban J connectivity index is 0.000000514. The van der Waals surface area contributed by atoms with Gasteiger partial charge >= 0.3 is 0 Å². The van der Waals surface area contributed by atoms with Crippen molar-refractivity contribution < 1.29 is 14.0 Å². The van der Waals surface area contributed by atoms with Crippen LogP contribution in [0.3, 0.4) is 0 Å². The summed E-state index contributed by atoms with van der Waals surface area (Å²) >= 11 is 3.42. The number of aryl methyl sites for hydroxylation is 2. The zero-order valence-corrected chi connectivity index (χ0v) is 19.8. The summed E-state index contributed by atoms with van der Waals surface area (Å²) in [6, 6.07) is 9.15. The molecule has 0 unspecified atom stereocenters. The molecule has 4 rings (SSSR count). The maximum atomic E-state index is 7.00. The second-order valence-corrected chi connectivity index (χ2v) is 6.32. The van der Waals surface area contributed by atoms with E-state index in [0.717, 1.165) is 29.1 Å². The van der Waals surface area contributed by atoms with Gasteiger partial charge in [-0.1, -0.05) is 49.3 Å². The van der Waals surface area contributed by atoms with E-state index in [1.165, 1.54) is 0 Å². The van der Waals surface area contributed by atoms with E-state index in [-0.39, 0.29) is 7.43 Å². The summed E-state index contributed by atoms with van der Waals surface area (Å²) in [5, 5.41) is 18.5. The minimum absolute atomic E-state index is 0. The zero-order chi connectivity index (χ0) is 23.2. The van der Waals surface area contributed by atoms with E-state index < -0.39 is 0 Å². The maximum absolute atomic E-state index is 7.00. The number of nitrogens with two attached hydrogens (primary N) is 1. The molecule has 0 atom stereocenters. The summed E-state index contributed by atoms with van der Waals surface area (Å²) in [5.74, 6) is 2.29. The highest BCUT2D eigenvalue weighted by Crippen LogP contribution is 2.28. The zero-order valence-electron chi connectivity index (χ0n) is 18.2. The molecule has 32 heavy (non-hydrogen) atoms. The third kappa shape index (κ3) is 8.56.